The van der Waals surface area contributed by atoms with Gasteiger partial charge in [-0.3, -0.25) is 0 Å². The van der Waals surface area contributed by atoms with E-state index in [2.05, 4.69) is 15.2 Å². The molecule has 1 N–H and O–H groups in total. The van der Waals surface area contributed by atoms with Crippen LogP contribution in [-0.4, -0.2) is 81.0 Å². The molecule has 14 heteroatoms. The number of anilines is 2. The number of ether oxygens (including phenoxy) is 2. The van der Waals surface area contributed by atoms with Crippen LogP contribution in [0.5, 0.6) is 5.75 Å². The Kier molecular flexibility index (Phi) is 6.70. The van der Waals surface area contributed by atoms with Gasteiger partial charge in [-0.15, -0.1) is 0 Å². The molecule has 0 aliphatic carbocycles. The minimum absolute atomic E-state index is 0.0540. The van der Waals surface area contributed by atoms with Crippen LogP contribution in [0.15, 0.2) is 53.7 Å². The summed E-state index contributed by atoms with van der Waals surface area (Å²) in [6.45, 7) is 6.42. The normalized spacial score (nSPS) is 19.2. The Hall–Kier alpha value is -3.75. The van der Waals surface area contributed by atoms with Crippen LogP contribution < -0.4 is 15.0 Å². The van der Waals surface area contributed by atoms with Crippen LogP contribution >= 0.6 is 0 Å². The quantitative estimate of drug-likeness (QED) is 0.343. The zero-order chi connectivity index (χ0) is 30.0. The van der Waals surface area contributed by atoms with Crippen molar-refractivity contribution in [2.24, 2.45) is 0 Å². The minimum Gasteiger partial charge on any atom is -0.486 e. The number of pyridine rings is 1. The van der Waals surface area contributed by atoms with Gasteiger partial charge in [-0.25, -0.2) is 35.8 Å². The second kappa shape index (κ2) is 9.92. The Morgan fingerprint density at radius 2 is 1.76 bits per heavy atom. The molecule has 1 saturated heterocycles. The summed E-state index contributed by atoms with van der Waals surface area (Å²) < 4.78 is 64.9. The van der Waals surface area contributed by atoms with Gasteiger partial charge in [0.05, 0.1) is 47.6 Å². The fraction of sp³-hybridized carbons (Fsp3) is 0.393. The summed E-state index contributed by atoms with van der Waals surface area (Å²) in [6, 6.07) is 9.59. The van der Waals surface area contributed by atoms with Crippen LogP contribution in [0.3, 0.4) is 0 Å². The van der Waals surface area contributed by atoms with Crippen molar-refractivity contribution in [1.29, 1.82) is 0 Å². The second-order valence-corrected chi connectivity index (χ2v) is 15.4. The highest BCUT2D eigenvalue weighted by atomic mass is 32.2. The van der Waals surface area contributed by atoms with E-state index in [1.54, 1.807) is 45.2 Å². The predicted octanol–water partition coefficient (Wildman–Crippen LogP) is 3.04. The van der Waals surface area contributed by atoms with E-state index < -0.39 is 24.6 Å². The van der Waals surface area contributed by atoms with Crippen molar-refractivity contribution in [3.8, 4) is 17.1 Å². The Bertz CT molecular complexity index is 1910. The third kappa shape index (κ3) is 4.31. The van der Waals surface area contributed by atoms with Crippen molar-refractivity contribution in [3.63, 3.8) is 0 Å². The van der Waals surface area contributed by atoms with Crippen LogP contribution in [0.2, 0.25) is 0 Å². The van der Waals surface area contributed by atoms with E-state index in [4.69, 9.17) is 19.4 Å². The minimum atomic E-state index is -3.96. The molecule has 1 aromatic carbocycles. The Balaban J connectivity index is 1.65. The number of hydrogen-bond acceptors (Lipinski definition) is 11. The molecule has 0 spiro atoms. The van der Waals surface area contributed by atoms with Gasteiger partial charge in [0.1, 0.15) is 17.0 Å². The highest BCUT2D eigenvalue weighted by molar-refractivity contribution is 7.91. The fourth-order valence-corrected chi connectivity index (χ4v) is 7.23. The molecule has 2 aliphatic rings. The predicted molar refractivity (Wildman–Crippen MR) is 159 cm³/mol. The molecule has 2 atom stereocenters. The van der Waals surface area contributed by atoms with E-state index in [9.17, 15) is 16.8 Å². The molecule has 6 rings (SSSR count). The highest BCUT2D eigenvalue weighted by Gasteiger charge is 2.44. The van der Waals surface area contributed by atoms with Crippen molar-refractivity contribution >= 4 is 42.4 Å². The molecule has 2 aliphatic heterocycles. The van der Waals surface area contributed by atoms with E-state index in [1.807, 2.05) is 6.92 Å². The monoisotopic (exact) mass is 612 g/mol. The third-order valence-electron chi connectivity index (χ3n) is 8.02. The zero-order valence-electron chi connectivity index (χ0n) is 23.9. The van der Waals surface area contributed by atoms with E-state index in [0.717, 1.165) is 3.97 Å². The van der Waals surface area contributed by atoms with Crippen molar-refractivity contribution < 1.29 is 26.3 Å². The van der Waals surface area contributed by atoms with Gasteiger partial charge in [0.15, 0.2) is 32.9 Å². The van der Waals surface area contributed by atoms with Crippen molar-refractivity contribution in [2.45, 2.75) is 42.5 Å². The number of morpholine rings is 1. The number of benzene rings is 1. The molecule has 0 bridgehead atoms. The average Bonchev–Trinajstić information content (AvgIpc) is 3.41. The van der Waals surface area contributed by atoms with Gasteiger partial charge >= 0.3 is 0 Å². The average molecular weight is 613 g/mol. The largest absolute Gasteiger partial charge is 0.486 e. The first-order chi connectivity index (χ1) is 19.9. The number of nitrogens with zero attached hydrogens (tertiary/aromatic N) is 5. The number of fused-ring (bicyclic) bond motifs is 4. The molecule has 12 nitrogen and oxygen atoms in total. The first-order valence-corrected chi connectivity index (χ1v) is 16.8. The third-order valence-corrected chi connectivity index (χ3v) is 11.7. The molecule has 1 fully saturated rings. The Morgan fingerprint density at radius 3 is 2.45 bits per heavy atom. The van der Waals surface area contributed by atoms with Gasteiger partial charge in [-0.1, -0.05) is 18.2 Å². The summed E-state index contributed by atoms with van der Waals surface area (Å²) in [5, 5.41) is 3.59. The van der Waals surface area contributed by atoms with Gasteiger partial charge in [-0.2, -0.15) is 0 Å². The number of hydrogen-bond donors (Lipinski definition) is 1. The highest BCUT2D eigenvalue weighted by Crippen LogP contribution is 2.46. The molecule has 5 heterocycles. The van der Waals surface area contributed by atoms with Gasteiger partial charge in [0.25, 0.3) is 10.0 Å². The summed E-state index contributed by atoms with van der Waals surface area (Å²) in [7, 11) is -5.90. The number of rotatable bonds is 6. The lowest BCUT2D eigenvalue weighted by molar-refractivity contribution is 0.0482. The van der Waals surface area contributed by atoms with Gasteiger partial charge in [0.2, 0.25) is 0 Å². The van der Waals surface area contributed by atoms with Crippen molar-refractivity contribution in [2.75, 3.05) is 43.3 Å². The lowest BCUT2D eigenvalue weighted by Gasteiger charge is -2.45. The molecular weight excluding hydrogens is 580 g/mol. The van der Waals surface area contributed by atoms with E-state index in [-0.39, 0.29) is 34.1 Å². The summed E-state index contributed by atoms with van der Waals surface area (Å²) in [5.74, 6) is 1.01. The van der Waals surface area contributed by atoms with Crippen LogP contribution in [-0.2, 0) is 29.3 Å². The molecule has 42 heavy (non-hydrogen) atoms. The summed E-state index contributed by atoms with van der Waals surface area (Å²) in [6.07, 6.45) is 4.14. The van der Waals surface area contributed by atoms with Gasteiger partial charge < -0.3 is 19.7 Å². The number of nitrogens with one attached hydrogen (secondary N) is 1. The van der Waals surface area contributed by atoms with E-state index in [0.29, 0.717) is 48.0 Å². The van der Waals surface area contributed by atoms with Crippen LogP contribution in [0, 0.1) is 0 Å². The van der Waals surface area contributed by atoms with Crippen LogP contribution in [0.25, 0.3) is 22.4 Å². The second-order valence-electron chi connectivity index (χ2n) is 11.1. The van der Waals surface area contributed by atoms with Crippen molar-refractivity contribution in [3.05, 3.63) is 54.5 Å². The molecule has 4 aromatic rings. The summed E-state index contributed by atoms with van der Waals surface area (Å²) in [5.41, 5.74) is 1.45. The molecule has 0 saturated carbocycles. The first-order valence-electron chi connectivity index (χ1n) is 13.5. The SMILES string of the molecule is CNc1cnc2c(ccn2S(=O)(=O)c2ccccc2)c1-c1nc2c(c(C(C)(C)S(C)(=O)=O)n1)OC[C@H]1COC[C@H](C)N21. The maximum absolute atomic E-state index is 13.6. The van der Waals surface area contributed by atoms with Crippen LogP contribution in [0.1, 0.15) is 26.5 Å². The summed E-state index contributed by atoms with van der Waals surface area (Å²) >= 11 is 0. The van der Waals surface area contributed by atoms with E-state index in [1.165, 1.54) is 30.8 Å². The van der Waals surface area contributed by atoms with Gasteiger partial charge in [0, 0.05) is 24.9 Å². The smallest absolute Gasteiger partial charge is 0.269 e. The van der Waals surface area contributed by atoms with Crippen molar-refractivity contribution in [1.82, 2.24) is 18.9 Å². The maximum Gasteiger partial charge on any atom is 0.269 e. The molecule has 0 radical (unpaired) electrons. The van der Waals surface area contributed by atoms with E-state index >= 15 is 0 Å². The molecule has 222 valence electrons. The van der Waals surface area contributed by atoms with Crippen LogP contribution in [0.4, 0.5) is 11.5 Å². The first kappa shape index (κ1) is 28.4. The fourth-order valence-electron chi connectivity index (χ4n) is 5.42. The molecular formula is C28H32N6O6S2. The molecule has 3 aromatic heterocycles. The summed E-state index contributed by atoms with van der Waals surface area (Å²) in [4.78, 5) is 16.5. The topological polar surface area (TPSA) is 146 Å². The van der Waals surface area contributed by atoms with Gasteiger partial charge in [-0.05, 0) is 39.0 Å². The maximum atomic E-state index is 13.6. The molecule has 0 amide bonds. The lowest BCUT2D eigenvalue weighted by atomic mass is 10.0. The lowest BCUT2D eigenvalue weighted by Crippen LogP contribution is -2.56. The Morgan fingerprint density at radius 1 is 1.02 bits per heavy atom. The number of aromatic nitrogens is 4. The zero-order valence-corrected chi connectivity index (χ0v) is 25.5. The standard InChI is InChI=1S/C28H32N6O6S2/c1-17-14-39-15-18-16-40-23-24(28(2,3)41(5,35)36)31-25(32-27(23)34(17)18)22-20-11-12-33(26(20)30-13-21(22)29-4)42(37,38)19-9-7-6-8-10-19/h6-13,17-18,29H,14-16H2,1-5H3/t17-,18+/m0/s1. The Labute approximate surface area is 244 Å². The molecule has 0 unspecified atom stereocenters. The number of sulfone groups is 1.